The number of ketones is 1. The molecule has 2 aromatic carbocycles. The Morgan fingerprint density at radius 2 is 1.45 bits per heavy atom. The van der Waals surface area contributed by atoms with Crippen LogP contribution in [0.2, 0.25) is 0 Å². The van der Waals surface area contributed by atoms with Crippen LogP contribution in [0.4, 0.5) is 0 Å². The lowest BCUT2D eigenvalue weighted by molar-refractivity contribution is -0.121. The van der Waals surface area contributed by atoms with Gasteiger partial charge in [-0.15, -0.1) is 0 Å². The Kier molecular flexibility index (Phi) is 4.42. The molecule has 5 nitrogen and oxygen atoms in total. The molecular formula is C16H15NO4S. The third-order valence-electron chi connectivity index (χ3n) is 3.20. The van der Waals surface area contributed by atoms with E-state index in [4.69, 9.17) is 0 Å². The Labute approximate surface area is 129 Å². The number of benzene rings is 2. The molecule has 6 heteroatoms. The van der Waals surface area contributed by atoms with Crippen molar-refractivity contribution >= 4 is 21.7 Å². The van der Waals surface area contributed by atoms with Crippen LogP contribution in [-0.2, 0) is 14.8 Å². The van der Waals surface area contributed by atoms with Gasteiger partial charge in [0, 0.05) is 12.6 Å². The lowest BCUT2D eigenvalue weighted by Crippen LogP contribution is -2.38. The number of carbonyl (C=O) groups excluding carboxylic acids is 2. The molecule has 114 valence electrons. The summed E-state index contributed by atoms with van der Waals surface area (Å²) >= 11 is 0. The summed E-state index contributed by atoms with van der Waals surface area (Å²) in [6, 6.07) is 13.9. The van der Waals surface area contributed by atoms with E-state index < -0.39 is 21.7 Å². The van der Waals surface area contributed by atoms with Crippen molar-refractivity contribution in [3.63, 3.8) is 0 Å². The van der Waals surface area contributed by atoms with Crippen LogP contribution in [0.3, 0.4) is 0 Å². The molecule has 0 aliphatic carbocycles. The van der Waals surface area contributed by atoms with Crippen molar-refractivity contribution in [2.75, 3.05) is 7.05 Å². The monoisotopic (exact) mass is 317 g/mol. The molecule has 2 aromatic rings. The number of hydrogen-bond acceptors (Lipinski definition) is 4. The molecular weight excluding hydrogens is 302 g/mol. The molecule has 0 unspecified atom stereocenters. The average Bonchev–Trinajstić information content (AvgIpc) is 2.54. The Morgan fingerprint density at radius 1 is 0.909 bits per heavy atom. The molecule has 0 fully saturated rings. The van der Waals surface area contributed by atoms with Crippen LogP contribution in [-0.4, -0.2) is 31.5 Å². The van der Waals surface area contributed by atoms with E-state index in [1.165, 1.54) is 24.3 Å². The van der Waals surface area contributed by atoms with E-state index in [1.54, 1.807) is 30.3 Å². The van der Waals surface area contributed by atoms with Gasteiger partial charge < -0.3 is 0 Å². The summed E-state index contributed by atoms with van der Waals surface area (Å²) in [5.74, 6) is -1.95. The van der Waals surface area contributed by atoms with Gasteiger partial charge in [0.25, 0.3) is 15.8 Å². The Bertz CT molecular complexity index is 796. The third-order valence-corrected chi connectivity index (χ3v) is 4.95. The maximum Gasteiger partial charge on any atom is 0.308 e. The van der Waals surface area contributed by atoms with Crippen molar-refractivity contribution < 1.29 is 18.0 Å². The second kappa shape index (κ2) is 6.11. The summed E-state index contributed by atoms with van der Waals surface area (Å²) in [5, 5.41) is 0. The number of likely N-dealkylation sites (N-methyl/N-ethyl adjacent to an activating group) is 1. The number of rotatable bonds is 4. The van der Waals surface area contributed by atoms with Gasteiger partial charge in [-0.25, -0.2) is 12.7 Å². The zero-order valence-corrected chi connectivity index (χ0v) is 13.0. The van der Waals surface area contributed by atoms with Crippen LogP contribution in [0.1, 0.15) is 15.9 Å². The van der Waals surface area contributed by atoms with Crippen LogP contribution < -0.4 is 0 Å². The smallest absolute Gasteiger partial charge is 0.283 e. The lowest BCUT2D eigenvalue weighted by atomic mass is 10.1. The van der Waals surface area contributed by atoms with Gasteiger partial charge >= 0.3 is 5.91 Å². The third kappa shape index (κ3) is 3.07. The first-order chi connectivity index (χ1) is 10.3. The average molecular weight is 317 g/mol. The highest BCUT2D eigenvalue weighted by Crippen LogP contribution is 2.16. The normalized spacial score (nSPS) is 11.0. The van der Waals surface area contributed by atoms with Gasteiger partial charge in [-0.05, 0) is 19.1 Å². The SMILES string of the molecule is Cc1ccc(S(=O)(=O)N(C)C(=O)C(=O)c2ccccc2)cc1. The zero-order valence-electron chi connectivity index (χ0n) is 12.2. The molecule has 22 heavy (non-hydrogen) atoms. The molecule has 0 N–H and O–H groups in total. The molecule has 0 aliphatic rings. The van der Waals surface area contributed by atoms with Crippen molar-refractivity contribution in [2.45, 2.75) is 11.8 Å². The minimum absolute atomic E-state index is 0.0326. The fraction of sp³-hybridized carbons (Fsp3) is 0.125. The van der Waals surface area contributed by atoms with E-state index in [-0.39, 0.29) is 10.5 Å². The van der Waals surface area contributed by atoms with Crippen molar-refractivity contribution in [1.82, 2.24) is 4.31 Å². The lowest BCUT2D eigenvalue weighted by Gasteiger charge is -2.16. The minimum Gasteiger partial charge on any atom is -0.283 e. The Balaban J connectivity index is 2.30. The first kappa shape index (κ1) is 15.9. The number of sulfonamides is 1. The predicted molar refractivity (Wildman–Crippen MR) is 81.9 cm³/mol. The van der Waals surface area contributed by atoms with Gasteiger partial charge in [0.05, 0.1) is 4.90 Å². The molecule has 0 saturated heterocycles. The number of nitrogens with zero attached hydrogens (tertiary/aromatic N) is 1. The largest absolute Gasteiger partial charge is 0.308 e. The van der Waals surface area contributed by atoms with E-state index in [9.17, 15) is 18.0 Å². The fourth-order valence-electron chi connectivity index (χ4n) is 1.83. The first-order valence-electron chi connectivity index (χ1n) is 6.53. The van der Waals surface area contributed by atoms with E-state index >= 15 is 0 Å². The van der Waals surface area contributed by atoms with E-state index in [0.29, 0.717) is 4.31 Å². The molecule has 0 heterocycles. The number of Topliss-reactive ketones (excluding diaryl/α,β-unsaturated/α-hetero) is 1. The van der Waals surface area contributed by atoms with Crippen molar-refractivity contribution in [3.05, 3.63) is 65.7 Å². The molecule has 1 amide bonds. The topological polar surface area (TPSA) is 71.5 Å². The predicted octanol–water partition coefficient (Wildman–Crippen LogP) is 2.03. The summed E-state index contributed by atoms with van der Waals surface area (Å²) in [5.41, 5.74) is 1.05. The highest BCUT2D eigenvalue weighted by Gasteiger charge is 2.30. The first-order valence-corrected chi connectivity index (χ1v) is 7.97. The standard InChI is InChI=1S/C16H15NO4S/c1-12-8-10-14(11-9-12)22(20,21)17(2)16(19)15(18)13-6-4-3-5-7-13/h3-11H,1-2H3. The summed E-state index contributed by atoms with van der Waals surface area (Å²) in [6.07, 6.45) is 0. The number of carbonyl (C=O) groups is 2. The summed E-state index contributed by atoms with van der Waals surface area (Å²) in [4.78, 5) is 24.2. The molecule has 0 atom stereocenters. The van der Waals surface area contributed by atoms with Crippen molar-refractivity contribution in [3.8, 4) is 0 Å². The van der Waals surface area contributed by atoms with Crippen molar-refractivity contribution in [1.29, 1.82) is 0 Å². The molecule has 2 rings (SSSR count). The molecule has 0 aliphatic heterocycles. The van der Waals surface area contributed by atoms with Gasteiger partial charge in [0.1, 0.15) is 0 Å². The van der Waals surface area contributed by atoms with E-state index in [2.05, 4.69) is 0 Å². The van der Waals surface area contributed by atoms with Crippen LogP contribution >= 0.6 is 0 Å². The summed E-state index contributed by atoms with van der Waals surface area (Å²) in [6.45, 7) is 1.82. The van der Waals surface area contributed by atoms with E-state index in [1.807, 2.05) is 6.92 Å². The van der Waals surface area contributed by atoms with Gasteiger partial charge in [-0.3, -0.25) is 9.59 Å². The number of hydrogen-bond donors (Lipinski definition) is 0. The Hall–Kier alpha value is -2.47. The maximum absolute atomic E-state index is 12.4. The van der Waals surface area contributed by atoms with Gasteiger partial charge in [-0.2, -0.15) is 0 Å². The molecule has 0 radical (unpaired) electrons. The second-order valence-corrected chi connectivity index (χ2v) is 6.76. The second-order valence-electron chi connectivity index (χ2n) is 4.79. The summed E-state index contributed by atoms with van der Waals surface area (Å²) < 4.78 is 25.2. The van der Waals surface area contributed by atoms with Crippen LogP contribution in [0.5, 0.6) is 0 Å². The van der Waals surface area contributed by atoms with Gasteiger partial charge in [0.15, 0.2) is 0 Å². The molecule has 0 saturated carbocycles. The van der Waals surface area contributed by atoms with E-state index in [0.717, 1.165) is 12.6 Å². The molecule has 0 spiro atoms. The zero-order chi connectivity index (χ0) is 16.3. The maximum atomic E-state index is 12.4. The number of aryl methyl sites for hydroxylation is 1. The fourth-order valence-corrected chi connectivity index (χ4v) is 2.93. The van der Waals surface area contributed by atoms with Crippen LogP contribution in [0.25, 0.3) is 0 Å². The van der Waals surface area contributed by atoms with Crippen LogP contribution in [0.15, 0.2) is 59.5 Å². The quantitative estimate of drug-likeness (QED) is 0.639. The minimum atomic E-state index is -4.05. The van der Waals surface area contributed by atoms with Gasteiger partial charge in [0.2, 0.25) is 0 Å². The van der Waals surface area contributed by atoms with Gasteiger partial charge in [-0.1, -0.05) is 48.0 Å². The highest BCUT2D eigenvalue weighted by molar-refractivity contribution is 7.89. The molecule has 0 bridgehead atoms. The Morgan fingerprint density at radius 3 is 2.00 bits per heavy atom. The summed E-state index contributed by atoms with van der Waals surface area (Å²) in [7, 11) is -2.96. The highest BCUT2D eigenvalue weighted by atomic mass is 32.2. The molecule has 0 aromatic heterocycles. The van der Waals surface area contributed by atoms with Crippen molar-refractivity contribution in [2.24, 2.45) is 0 Å². The number of amides is 1. The van der Waals surface area contributed by atoms with Crippen LogP contribution in [0, 0.1) is 6.92 Å².